The lowest BCUT2D eigenvalue weighted by molar-refractivity contribution is 0.275. The van der Waals surface area contributed by atoms with Crippen molar-refractivity contribution >= 4 is 0 Å². The first-order chi connectivity index (χ1) is 6.61. The minimum absolute atomic E-state index is 0.0561. The number of nitriles is 1. The molecular weight excluding hydrogens is 178 g/mol. The van der Waals surface area contributed by atoms with E-state index in [2.05, 4.69) is 11.1 Å². The molecule has 1 heterocycles. The zero-order valence-corrected chi connectivity index (χ0v) is 8.46. The van der Waals surface area contributed by atoms with Crippen molar-refractivity contribution in [1.29, 1.82) is 5.26 Å². The maximum absolute atomic E-state index is 8.80. The Labute approximate surface area is 83.4 Å². The molecule has 0 amide bonds. The lowest BCUT2D eigenvalue weighted by atomic mass is 10.1. The molecule has 0 aliphatic rings. The van der Waals surface area contributed by atoms with E-state index in [1.54, 1.807) is 0 Å². The Bertz CT molecular complexity index is 362. The number of hydrogen-bond acceptors (Lipinski definition) is 3. The summed E-state index contributed by atoms with van der Waals surface area (Å²) < 4.78 is 0. The normalized spacial score (nSPS) is 12.5. The van der Waals surface area contributed by atoms with Crippen LogP contribution in [0, 0.1) is 25.2 Å². The molecule has 1 aromatic heterocycles. The summed E-state index contributed by atoms with van der Waals surface area (Å²) in [6.07, 6.45) is 0.506. The van der Waals surface area contributed by atoms with Crippen molar-refractivity contribution < 1.29 is 5.11 Å². The Morgan fingerprint density at radius 1 is 1.50 bits per heavy atom. The summed E-state index contributed by atoms with van der Waals surface area (Å²) in [5.41, 5.74) is 9.22. The molecule has 4 N–H and O–H groups in total. The first-order valence-electron chi connectivity index (χ1n) is 4.57. The number of H-pyrrole nitrogens is 1. The topological polar surface area (TPSA) is 85.8 Å². The van der Waals surface area contributed by atoms with Crippen LogP contribution >= 0.6 is 0 Å². The number of nitrogens with zero attached hydrogens (tertiary/aromatic N) is 1. The number of aromatic nitrogens is 1. The summed E-state index contributed by atoms with van der Waals surface area (Å²) in [5.74, 6) is 0. The average Bonchev–Trinajstić information content (AvgIpc) is 2.44. The molecule has 4 nitrogen and oxygen atoms in total. The van der Waals surface area contributed by atoms with Crippen LogP contribution in [0.25, 0.3) is 0 Å². The van der Waals surface area contributed by atoms with Gasteiger partial charge in [-0.25, -0.2) is 0 Å². The molecule has 0 unspecified atom stereocenters. The minimum atomic E-state index is -0.221. The van der Waals surface area contributed by atoms with Crippen molar-refractivity contribution in [3.8, 4) is 6.07 Å². The molecule has 0 aromatic carbocycles. The molecule has 0 bridgehead atoms. The third kappa shape index (κ3) is 1.79. The van der Waals surface area contributed by atoms with Crippen LogP contribution in [0.1, 0.15) is 35.0 Å². The van der Waals surface area contributed by atoms with Crippen LogP contribution in [0.2, 0.25) is 0 Å². The predicted molar refractivity (Wildman–Crippen MR) is 53.6 cm³/mol. The second-order valence-electron chi connectivity index (χ2n) is 3.39. The highest BCUT2D eigenvalue weighted by Gasteiger charge is 2.15. The maximum atomic E-state index is 8.80. The van der Waals surface area contributed by atoms with Gasteiger partial charge in [0.1, 0.15) is 11.8 Å². The van der Waals surface area contributed by atoms with Gasteiger partial charge >= 0.3 is 0 Å². The summed E-state index contributed by atoms with van der Waals surface area (Å²) in [6, 6.07) is 1.86. The summed E-state index contributed by atoms with van der Waals surface area (Å²) >= 11 is 0. The van der Waals surface area contributed by atoms with Crippen molar-refractivity contribution in [2.45, 2.75) is 26.3 Å². The van der Waals surface area contributed by atoms with Gasteiger partial charge in [-0.05, 0) is 31.4 Å². The van der Waals surface area contributed by atoms with E-state index in [9.17, 15) is 0 Å². The fourth-order valence-corrected chi connectivity index (χ4v) is 1.48. The molecule has 0 aliphatic heterocycles. The van der Waals surface area contributed by atoms with Gasteiger partial charge < -0.3 is 15.8 Å². The highest BCUT2D eigenvalue weighted by Crippen LogP contribution is 2.22. The summed E-state index contributed by atoms with van der Waals surface area (Å²) in [4.78, 5) is 2.99. The SMILES string of the molecule is Cc1c(C#N)[nH]c([C@@H](N)CCO)c1C. The fourth-order valence-electron chi connectivity index (χ4n) is 1.48. The number of aliphatic hydroxyl groups is 1. The van der Waals surface area contributed by atoms with Crippen LogP contribution in [-0.4, -0.2) is 16.7 Å². The standard InChI is InChI=1S/C10H15N3O/c1-6-7(2)10(8(12)3-4-14)13-9(6)5-11/h8,13-14H,3-4,12H2,1-2H3/t8-/m0/s1. The number of nitrogens with two attached hydrogens (primary N) is 1. The Hall–Kier alpha value is -1.31. The van der Waals surface area contributed by atoms with E-state index >= 15 is 0 Å². The van der Waals surface area contributed by atoms with Gasteiger partial charge in [-0.15, -0.1) is 0 Å². The molecule has 14 heavy (non-hydrogen) atoms. The number of nitrogens with one attached hydrogen (secondary N) is 1. The summed E-state index contributed by atoms with van der Waals surface area (Å²) in [7, 11) is 0. The van der Waals surface area contributed by atoms with Gasteiger partial charge in [-0.3, -0.25) is 0 Å². The molecule has 4 heteroatoms. The van der Waals surface area contributed by atoms with Crippen LogP contribution < -0.4 is 5.73 Å². The molecule has 0 radical (unpaired) electrons. The predicted octanol–water partition coefficient (Wildman–Crippen LogP) is 0.885. The second-order valence-corrected chi connectivity index (χ2v) is 3.39. The van der Waals surface area contributed by atoms with Gasteiger partial charge in [0.2, 0.25) is 0 Å². The second kappa shape index (κ2) is 4.27. The van der Waals surface area contributed by atoms with E-state index in [4.69, 9.17) is 16.1 Å². The highest BCUT2D eigenvalue weighted by atomic mass is 16.3. The first-order valence-corrected chi connectivity index (χ1v) is 4.57. The van der Waals surface area contributed by atoms with Crippen LogP contribution in [0.15, 0.2) is 0 Å². The minimum Gasteiger partial charge on any atom is -0.396 e. The molecular formula is C10H15N3O. The van der Waals surface area contributed by atoms with E-state index in [1.165, 1.54) is 0 Å². The van der Waals surface area contributed by atoms with E-state index in [1.807, 2.05) is 13.8 Å². The van der Waals surface area contributed by atoms with E-state index < -0.39 is 0 Å². The van der Waals surface area contributed by atoms with Gasteiger partial charge in [0, 0.05) is 18.3 Å². The molecule has 0 saturated heterocycles. The van der Waals surface area contributed by atoms with Gasteiger partial charge in [-0.1, -0.05) is 0 Å². The Morgan fingerprint density at radius 2 is 2.14 bits per heavy atom. The quantitative estimate of drug-likeness (QED) is 0.666. The van der Waals surface area contributed by atoms with E-state index in [0.717, 1.165) is 16.8 Å². The molecule has 0 saturated carbocycles. The van der Waals surface area contributed by atoms with Crippen molar-refractivity contribution in [3.05, 3.63) is 22.5 Å². The largest absolute Gasteiger partial charge is 0.396 e. The van der Waals surface area contributed by atoms with Gasteiger partial charge in [-0.2, -0.15) is 5.26 Å². The van der Waals surface area contributed by atoms with Crippen molar-refractivity contribution in [3.63, 3.8) is 0 Å². The number of aromatic amines is 1. The Kier molecular flexibility index (Phi) is 3.28. The van der Waals surface area contributed by atoms with E-state index in [0.29, 0.717) is 12.1 Å². The summed E-state index contributed by atoms with van der Waals surface area (Å²) in [5, 5.41) is 17.6. The first kappa shape index (κ1) is 10.8. The van der Waals surface area contributed by atoms with E-state index in [-0.39, 0.29) is 12.6 Å². The average molecular weight is 193 g/mol. The molecule has 0 spiro atoms. The van der Waals surface area contributed by atoms with Gasteiger partial charge in [0.15, 0.2) is 0 Å². The monoisotopic (exact) mass is 193 g/mol. The van der Waals surface area contributed by atoms with Crippen LogP contribution in [0.3, 0.4) is 0 Å². The number of aliphatic hydroxyl groups excluding tert-OH is 1. The third-order valence-electron chi connectivity index (χ3n) is 2.52. The fraction of sp³-hybridized carbons (Fsp3) is 0.500. The molecule has 1 rings (SSSR count). The van der Waals surface area contributed by atoms with Crippen LogP contribution in [0.5, 0.6) is 0 Å². The zero-order valence-electron chi connectivity index (χ0n) is 8.46. The number of rotatable bonds is 3. The van der Waals surface area contributed by atoms with Crippen molar-refractivity contribution in [2.24, 2.45) is 5.73 Å². The molecule has 1 aromatic rings. The number of hydrogen-bond donors (Lipinski definition) is 3. The summed E-state index contributed by atoms with van der Waals surface area (Å²) in [6.45, 7) is 3.87. The highest BCUT2D eigenvalue weighted by molar-refractivity contribution is 5.42. The lowest BCUT2D eigenvalue weighted by Gasteiger charge is -2.09. The Balaban J connectivity index is 3.05. The Morgan fingerprint density at radius 3 is 2.57 bits per heavy atom. The van der Waals surface area contributed by atoms with Crippen LogP contribution in [-0.2, 0) is 0 Å². The third-order valence-corrected chi connectivity index (χ3v) is 2.52. The van der Waals surface area contributed by atoms with Crippen molar-refractivity contribution in [1.82, 2.24) is 4.98 Å². The zero-order chi connectivity index (χ0) is 10.7. The maximum Gasteiger partial charge on any atom is 0.121 e. The molecule has 0 fully saturated rings. The molecule has 76 valence electrons. The smallest absolute Gasteiger partial charge is 0.121 e. The lowest BCUT2D eigenvalue weighted by Crippen LogP contribution is -2.13. The van der Waals surface area contributed by atoms with Crippen molar-refractivity contribution in [2.75, 3.05) is 6.61 Å². The van der Waals surface area contributed by atoms with Gasteiger partial charge in [0.05, 0.1) is 0 Å². The van der Waals surface area contributed by atoms with Gasteiger partial charge in [0.25, 0.3) is 0 Å². The molecule has 0 aliphatic carbocycles. The molecule has 1 atom stereocenters. The van der Waals surface area contributed by atoms with Crippen LogP contribution in [0.4, 0.5) is 0 Å².